The van der Waals surface area contributed by atoms with Crippen LogP contribution in [0.3, 0.4) is 0 Å². The molecule has 0 aliphatic heterocycles. The number of nitrogens with zero attached hydrogens (tertiary/aromatic N) is 1. The Morgan fingerprint density at radius 3 is 2.39 bits per heavy atom. The Kier molecular flexibility index (Phi) is 8.30. The average Bonchev–Trinajstić information content (AvgIpc) is 2.64. The molecule has 2 N–H and O–H groups in total. The van der Waals surface area contributed by atoms with E-state index in [0.29, 0.717) is 32.6 Å². The minimum absolute atomic E-state index is 0.188. The number of hydrazone groups is 1. The highest BCUT2D eigenvalue weighted by Crippen LogP contribution is 2.24. The van der Waals surface area contributed by atoms with Gasteiger partial charge in [-0.2, -0.15) is 5.10 Å². The normalized spacial score (nSPS) is 12.2. The number of amides is 2. The largest absolute Gasteiger partial charge is 0.340 e. The molecular weight excluding hydrogens is 421 g/mol. The van der Waals surface area contributed by atoms with Crippen LogP contribution in [0.4, 0.5) is 0 Å². The van der Waals surface area contributed by atoms with Crippen LogP contribution in [0, 0.1) is 5.92 Å². The molecule has 0 spiro atoms. The molecular formula is C20H20Cl3N3O2. The lowest BCUT2D eigenvalue weighted by Gasteiger charge is -2.19. The summed E-state index contributed by atoms with van der Waals surface area (Å²) in [5.74, 6) is -0.600. The second-order valence-corrected chi connectivity index (χ2v) is 7.76. The lowest BCUT2D eigenvalue weighted by molar-refractivity contribution is -0.123. The van der Waals surface area contributed by atoms with Crippen molar-refractivity contribution in [1.82, 2.24) is 10.7 Å². The first-order valence-electron chi connectivity index (χ1n) is 8.61. The highest BCUT2D eigenvalue weighted by atomic mass is 35.5. The predicted molar refractivity (Wildman–Crippen MR) is 114 cm³/mol. The molecule has 0 fully saturated rings. The van der Waals surface area contributed by atoms with Gasteiger partial charge in [0.1, 0.15) is 6.04 Å². The van der Waals surface area contributed by atoms with Crippen molar-refractivity contribution in [2.45, 2.75) is 26.3 Å². The maximum Gasteiger partial charge on any atom is 0.262 e. The van der Waals surface area contributed by atoms with Crippen molar-refractivity contribution in [2.75, 3.05) is 0 Å². The Bertz CT molecular complexity index is 867. The maximum absolute atomic E-state index is 12.5. The lowest BCUT2D eigenvalue weighted by Crippen LogP contribution is -2.46. The van der Waals surface area contributed by atoms with E-state index in [4.69, 9.17) is 34.8 Å². The monoisotopic (exact) mass is 439 g/mol. The van der Waals surface area contributed by atoms with Crippen molar-refractivity contribution in [3.63, 3.8) is 0 Å². The number of hydrogen-bond acceptors (Lipinski definition) is 3. The fourth-order valence-electron chi connectivity index (χ4n) is 2.41. The van der Waals surface area contributed by atoms with E-state index in [1.165, 1.54) is 6.21 Å². The molecule has 148 valence electrons. The molecule has 0 aliphatic carbocycles. The van der Waals surface area contributed by atoms with Crippen LogP contribution in [0.1, 0.15) is 36.2 Å². The van der Waals surface area contributed by atoms with E-state index in [1.54, 1.807) is 42.5 Å². The molecule has 2 aromatic carbocycles. The number of rotatable bonds is 7. The van der Waals surface area contributed by atoms with Crippen LogP contribution < -0.4 is 10.7 Å². The highest BCUT2D eigenvalue weighted by molar-refractivity contribution is 6.43. The first kappa shape index (κ1) is 22.2. The van der Waals surface area contributed by atoms with Gasteiger partial charge in [-0.05, 0) is 42.7 Å². The quantitative estimate of drug-likeness (QED) is 0.473. The van der Waals surface area contributed by atoms with Gasteiger partial charge in [0, 0.05) is 16.1 Å². The van der Waals surface area contributed by atoms with E-state index in [-0.39, 0.29) is 11.8 Å². The molecule has 8 heteroatoms. The van der Waals surface area contributed by atoms with Crippen LogP contribution in [-0.4, -0.2) is 24.1 Å². The van der Waals surface area contributed by atoms with Crippen molar-refractivity contribution < 1.29 is 9.59 Å². The minimum Gasteiger partial charge on any atom is -0.340 e. The van der Waals surface area contributed by atoms with Gasteiger partial charge in [-0.3, -0.25) is 9.59 Å². The third-order valence-electron chi connectivity index (χ3n) is 3.80. The molecule has 0 saturated heterocycles. The number of carbonyl (C=O) groups excluding carboxylic acids is 2. The third-order valence-corrected chi connectivity index (χ3v) is 4.88. The Labute approximate surface area is 179 Å². The van der Waals surface area contributed by atoms with Gasteiger partial charge in [0.2, 0.25) is 0 Å². The number of benzene rings is 2. The molecule has 0 radical (unpaired) electrons. The minimum atomic E-state index is -0.741. The van der Waals surface area contributed by atoms with E-state index in [1.807, 2.05) is 13.8 Å². The van der Waals surface area contributed by atoms with Crippen LogP contribution in [0.25, 0.3) is 0 Å². The summed E-state index contributed by atoms with van der Waals surface area (Å²) in [4.78, 5) is 24.9. The van der Waals surface area contributed by atoms with Crippen molar-refractivity contribution >= 4 is 52.8 Å². The standard InChI is InChI=1S/C20H20Cl3N3O2/c1-12(2)10-17(25-19(27)13-6-8-15(21)9-7-13)20(28)26-24-11-14-4-3-5-16(22)18(14)23/h3-9,11-12,17H,10H2,1-2H3,(H,25,27)(H,26,28). The summed E-state index contributed by atoms with van der Waals surface area (Å²) in [5.41, 5.74) is 3.43. The molecule has 0 aromatic heterocycles. The summed E-state index contributed by atoms with van der Waals surface area (Å²) in [6.45, 7) is 3.92. The Morgan fingerprint density at radius 1 is 1.07 bits per heavy atom. The number of nitrogens with one attached hydrogen (secondary N) is 2. The Hall–Kier alpha value is -2.08. The molecule has 28 heavy (non-hydrogen) atoms. The fraction of sp³-hybridized carbons (Fsp3) is 0.250. The maximum atomic E-state index is 12.5. The highest BCUT2D eigenvalue weighted by Gasteiger charge is 2.22. The van der Waals surface area contributed by atoms with E-state index in [2.05, 4.69) is 15.8 Å². The molecule has 2 amide bonds. The van der Waals surface area contributed by atoms with Gasteiger partial charge < -0.3 is 5.32 Å². The van der Waals surface area contributed by atoms with Gasteiger partial charge in [0.15, 0.2) is 0 Å². The third kappa shape index (κ3) is 6.51. The van der Waals surface area contributed by atoms with Gasteiger partial charge in [0.05, 0.1) is 16.3 Å². The van der Waals surface area contributed by atoms with Crippen LogP contribution in [0.2, 0.25) is 15.1 Å². The van der Waals surface area contributed by atoms with Crippen LogP contribution >= 0.6 is 34.8 Å². The SMILES string of the molecule is CC(C)CC(NC(=O)c1ccc(Cl)cc1)C(=O)NN=Cc1cccc(Cl)c1Cl. The molecule has 0 heterocycles. The molecule has 0 bridgehead atoms. The number of halogens is 3. The molecule has 1 unspecified atom stereocenters. The fourth-order valence-corrected chi connectivity index (χ4v) is 2.89. The van der Waals surface area contributed by atoms with Crippen molar-refractivity contribution in [1.29, 1.82) is 0 Å². The Morgan fingerprint density at radius 2 is 1.75 bits per heavy atom. The van der Waals surface area contributed by atoms with E-state index in [9.17, 15) is 9.59 Å². The second-order valence-electron chi connectivity index (χ2n) is 6.54. The first-order valence-corrected chi connectivity index (χ1v) is 9.74. The van der Waals surface area contributed by atoms with Crippen molar-refractivity contribution in [3.05, 3.63) is 68.7 Å². The summed E-state index contributed by atoms with van der Waals surface area (Å²) in [6.07, 6.45) is 1.86. The zero-order valence-electron chi connectivity index (χ0n) is 15.4. The first-order chi connectivity index (χ1) is 13.3. The molecule has 0 aliphatic rings. The topological polar surface area (TPSA) is 70.6 Å². The molecule has 2 rings (SSSR count). The summed E-state index contributed by atoms with van der Waals surface area (Å²) in [5, 5.41) is 7.93. The van der Waals surface area contributed by atoms with Crippen LogP contribution in [-0.2, 0) is 4.79 Å². The molecule has 0 saturated carbocycles. The molecule has 5 nitrogen and oxygen atoms in total. The van der Waals surface area contributed by atoms with Crippen LogP contribution in [0.15, 0.2) is 47.6 Å². The van der Waals surface area contributed by atoms with Gasteiger partial charge >= 0.3 is 0 Å². The van der Waals surface area contributed by atoms with Crippen molar-refractivity contribution in [3.8, 4) is 0 Å². The van der Waals surface area contributed by atoms with Crippen molar-refractivity contribution in [2.24, 2.45) is 11.0 Å². The van der Waals surface area contributed by atoms with Gasteiger partial charge in [-0.25, -0.2) is 5.43 Å². The summed E-state index contributed by atoms with van der Waals surface area (Å²) in [7, 11) is 0. The second kappa shape index (κ2) is 10.5. The molecule has 1 atom stereocenters. The Balaban J connectivity index is 2.05. The zero-order chi connectivity index (χ0) is 20.7. The summed E-state index contributed by atoms with van der Waals surface area (Å²) >= 11 is 17.9. The van der Waals surface area contributed by atoms with Gasteiger partial charge in [-0.15, -0.1) is 0 Å². The summed E-state index contributed by atoms with van der Waals surface area (Å²) in [6, 6.07) is 10.8. The lowest BCUT2D eigenvalue weighted by atomic mass is 10.0. The van der Waals surface area contributed by atoms with E-state index < -0.39 is 11.9 Å². The average molecular weight is 441 g/mol. The van der Waals surface area contributed by atoms with Crippen LogP contribution in [0.5, 0.6) is 0 Å². The zero-order valence-corrected chi connectivity index (χ0v) is 17.6. The van der Waals surface area contributed by atoms with E-state index >= 15 is 0 Å². The predicted octanol–water partition coefficient (Wildman–Crippen LogP) is 4.94. The number of carbonyl (C=O) groups is 2. The smallest absolute Gasteiger partial charge is 0.262 e. The summed E-state index contributed by atoms with van der Waals surface area (Å²) < 4.78 is 0. The van der Waals surface area contributed by atoms with Gasteiger partial charge in [0.25, 0.3) is 11.8 Å². The number of hydrogen-bond donors (Lipinski definition) is 2. The molecule has 2 aromatic rings. The van der Waals surface area contributed by atoms with E-state index in [0.717, 1.165) is 0 Å². The van der Waals surface area contributed by atoms with Gasteiger partial charge in [-0.1, -0.05) is 60.8 Å².